The average Bonchev–Trinajstić information content (AvgIpc) is 1.43. The first kappa shape index (κ1) is 25.4. The molecule has 2 nitrogen and oxygen atoms in total. The van der Waals surface area contributed by atoms with E-state index in [0.717, 1.165) is 0 Å². The van der Waals surface area contributed by atoms with E-state index in [1.54, 1.807) is 0 Å². The van der Waals surface area contributed by atoms with Crippen LogP contribution in [0.15, 0.2) is 0 Å². The molecule has 0 N–H and O–H groups in total. The minimum atomic E-state index is -1.85. The standard InChI is InChI=1S/C8H24O2Si3.3CH4/c1-11(2,3)9-13(7,8)10-12(4,5)6;;;/h1-8H3;3*1H4. The van der Waals surface area contributed by atoms with Crippen LogP contribution in [0.5, 0.6) is 0 Å². The normalized spacial score (nSPS) is 12.0. The van der Waals surface area contributed by atoms with Crippen molar-refractivity contribution in [2.75, 3.05) is 0 Å². The lowest BCUT2D eigenvalue weighted by Crippen LogP contribution is -2.50. The van der Waals surface area contributed by atoms with E-state index in [9.17, 15) is 0 Å². The monoisotopic (exact) mass is 284 g/mol. The summed E-state index contributed by atoms with van der Waals surface area (Å²) < 4.78 is 12.2. The van der Waals surface area contributed by atoms with E-state index >= 15 is 0 Å². The molecule has 0 aromatic carbocycles. The summed E-state index contributed by atoms with van der Waals surface area (Å²) >= 11 is 0. The van der Waals surface area contributed by atoms with Crippen LogP contribution in [0.1, 0.15) is 22.3 Å². The molecule has 0 aliphatic carbocycles. The Labute approximate surface area is 108 Å². The van der Waals surface area contributed by atoms with E-state index < -0.39 is 25.2 Å². The van der Waals surface area contributed by atoms with Gasteiger partial charge in [-0.25, -0.2) is 0 Å². The van der Waals surface area contributed by atoms with E-state index in [0.29, 0.717) is 0 Å². The van der Waals surface area contributed by atoms with Gasteiger partial charge in [-0.3, -0.25) is 0 Å². The summed E-state index contributed by atoms with van der Waals surface area (Å²) in [5.74, 6) is 0. The molecule has 104 valence electrons. The van der Waals surface area contributed by atoms with Crippen LogP contribution in [0.2, 0.25) is 52.4 Å². The largest absolute Gasteiger partial charge is 0.437 e. The molecule has 0 aromatic heterocycles. The van der Waals surface area contributed by atoms with Crippen molar-refractivity contribution in [3.05, 3.63) is 0 Å². The lowest BCUT2D eigenvalue weighted by molar-refractivity contribution is 0.395. The van der Waals surface area contributed by atoms with Crippen LogP contribution in [-0.2, 0) is 8.23 Å². The smallest absolute Gasteiger partial charge is 0.311 e. The Morgan fingerprint density at radius 1 is 0.500 bits per heavy atom. The molecule has 0 radical (unpaired) electrons. The first-order valence-corrected chi connectivity index (χ1v) is 14.4. The van der Waals surface area contributed by atoms with Crippen molar-refractivity contribution in [3.8, 4) is 0 Å². The van der Waals surface area contributed by atoms with Crippen LogP contribution in [0, 0.1) is 0 Å². The minimum absolute atomic E-state index is 0. The zero-order chi connectivity index (χ0) is 10.9. The highest BCUT2D eigenvalue weighted by Gasteiger charge is 2.35. The van der Waals surface area contributed by atoms with Gasteiger partial charge < -0.3 is 8.23 Å². The average molecular weight is 285 g/mol. The maximum absolute atomic E-state index is 6.09. The second-order valence-electron chi connectivity index (χ2n) is 5.83. The maximum atomic E-state index is 6.09. The molecule has 0 fully saturated rings. The topological polar surface area (TPSA) is 18.5 Å². The highest BCUT2D eigenvalue weighted by molar-refractivity contribution is 6.87. The lowest BCUT2D eigenvalue weighted by Gasteiger charge is -2.35. The summed E-state index contributed by atoms with van der Waals surface area (Å²) in [5, 5.41) is 0. The predicted octanol–water partition coefficient (Wildman–Crippen LogP) is 5.30. The fourth-order valence-electron chi connectivity index (χ4n) is 1.50. The Morgan fingerprint density at radius 2 is 0.688 bits per heavy atom. The van der Waals surface area contributed by atoms with Crippen molar-refractivity contribution >= 4 is 25.2 Å². The first-order chi connectivity index (χ1) is 5.41. The van der Waals surface area contributed by atoms with Gasteiger partial charge in [0.15, 0.2) is 16.6 Å². The molecule has 5 heteroatoms. The molecule has 0 aliphatic heterocycles. The molecule has 0 saturated carbocycles. The van der Waals surface area contributed by atoms with Gasteiger partial charge in [-0.05, 0) is 52.4 Å². The van der Waals surface area contributed by atoms with Gasteiger partial charge >= 0.3 is 8.56 Å². The van der Waals surface area contributed by atoms with Gasteiger partial charge in [-0.2, -0.15) is 0 Å². The molecule has 0 bridgehead atoms. The fourth-order valence-corrected chi connectivity index (χ4v) is 13.8. The fraction of sp³-hybridized carbons (Fsp3) is 1.00. The quantitative estimate of drug-likeness (QED) is 0.652. The molecule has 0 spiro atoms. The van der Waals surface area contributed by atoms with Gasteiger partial charge in [0.2, 0.25) is 0 Å². The van der Waals surface area contributed by atoms with E-state index in [1.807, 2.05) is 0 Å². The predicted molar refractivity (Wildman–Crippen MR) is 86.5 cm³/mol. The first-order valence-electron chi connectivity index (χ1n) is 4.82. The Bertz CT molecular complexity index is 151. The van der Waals surface area contributed by atoms with E-state index in [4.69, 9.17) is 8.23 Å². The highest BCUT2D eigenvalue weighted by Crippen LogP contribution is 2.19. The molecule has 0 saturated heterocycles. The molecule has 0 heterocycles. The zero-order valence-corrected chi connectivity index (χ0v) is 13.3. The molecule has 0 amide bonds. The van der Waals surface area contributed by atoms with Gasteiger partial charge in [-0.1, -0.05) is 22.3 Å². The Balaban J connectivity index is -0.000000240. The zero-order valence-electron chi connectivity index (χ0n) is 10.3. The summed E-state index contributed by atoms with van der Waals surface area (Å²) in [6, 6.07) is 0. The van der Waals surface area contributed by atoms with Crippen LogP contribution < -0.4 is 0 Å². The Kier molecular flexibility index (Phi) is 12.4. The number of rotatable bonds is 4. The van der Waals surface area contributed by atoms with Crippen molar-refractivity contribution in [2.45, 2.75) is 74.7 Å². The summed E-state index contributed by atoms with van der Waals surface area (Å²) in [5.41, 5.74) is 0. The highest BCUT2D eigenvalue weighted by atomic mass is 28.5. The van der Waals surface area contributed by atoms with Gasteiger partial charge in [0.25, 0.3) is 0 Å². The van der Waals surface area contributed by atoms with Gasteiger partial charge in [0, 0.05) is 0 Å². The van der Waals surface area contributed by atoms with Crippen molar-refractivity contribution in [1.82, 2.24) is 0 Å². The maximum Gasteiger partial charge on any atom is 0.311 e. The number of hydrogen-bond donors (Lipinski definition) is 0. The molecule has 0 rings (SSSR count). The van der Waals surface area contributed by atoms with Crippen LogP contribution in [0.3, 0.4) is 0 Å². The SMILES string of the molecule is C.C.C.C[Si](C)(C)O[Si](C)(C)O[Si](C)(C)C. The molecule has 0 unspecified atom stereocenters. The summed E-state index contributed by atoms with van der Waals surface area (Å²) in [4.78, 5) is 0. The molecule has 0 atom stereocenters. The molecular formula is C11H36O2Si3. The third kappa shape index (κ3) is 17.0. The second kappa shape index (κ2) is 7.81. The van der Waals surface area contributed by atoms with Crippen molar-refractivity contribution in [2.24, 2.45) is 0 Å². The third-order valence-electron chi connectivity index (χ3n) is 1.10. The van der Waals surface area contributed by atoms with Crippen LogP contribution in [0.25, 0.3) is 0 Å². The van der Waals surface area contributed by atoms with Crippen molar-refractivity contribution in [1.29, 1.82) is 0 Å². The van der Waals surface area contributed by atoms with Gasteiger partial charge in [0.1, 0.15) is 0 Å². The lowest BCUT2D eigenvalue weighted by atomic mass is 11.8. The molecular weight excluding hydrogens is 248 g/mol. The summed E-state index contributed by atoms with van der Waals surface area (Å²) in [6.45, 7) is 17.6. The Morgan fingerprint density at radius 3 is 0.812 bits per heavy atom. The van der Waals surface area contributed by atoms with Crippen LogP contribution >= 0.6 is 0 Å². The third-order valence-corrected chi connectivity index (χ3v) is 9.94. The van der Waals surface area contributed by atoms with Crippen LogP contribution in [0.4, 0.5) is 0 Å². The van der Waals surface area contributed by atoms with Crippen molar-refractivity contribution in [3.63, 3.8) is 0 Å². The summed E-state index contributed by atoms with van der Waals surface area (Å²) in [7, 11) is -4.72. The van der Waals surface area contributed by atoms with Gasteiger partial charge in [0.05, 0.1) is 0 Å². The second-order valence-corrected chi connectivity index (χ2v) is 18.7. The summed E-state index contributed by atoms with van der Waals surface area (Å²) in [6.07, 6.45) is 0. The van der Waals surface area contributed by atoms with Crippen LogP contribution in [-0.4, -0.2) is 25.2 Å². The van der Waals surface area contributed by atoms with E-state index in [-0.39, 0.29) is 22.3 Å². The molecule has 0 aromatic rings. The van der Waals surface area contributed by atoms with Gasteiger partial charge in [-0.15, -0.1) is 0 Å². The van der Waals surface area contributed by atoms with E-state index in [1.165, 1.54) is 0 Å². The minimum Gasteiger partial charge on any atom is -0.437 e. The molecule has 16 heavy (non-hydrogen) atoms. The Hall–Kier alpha value is 0.571. The van der Waals surface area contributed by atoms with E-state index in [2.05, 4.69) is 52.4 Å². The molecule has 0 aliphatic rings. The number of hydrogen-bond acceptors (Lipinski definition) is 2. The van der Waals surface area contributed by atoms with Crippen molar-refractivity contribution < 1.29 is 8.23 Å².